The standard InChI is InChI=1S/C16H26N2O/c1-13-6-5-7-14(12-13)16(18-17)10-11-19-15-8-3-2-4-9-15/h2-4,8-9,13-14,16,18H,5-7,10-12,17H2,1H3. The van der Waals surface area contributed by atoms with Gasteiger partial charge in [-0.3, -0.25) is 11.3 Å². The molecular weight excluding hydrogens is 236 g/mol. The van der Waals surface area contributed by atoms with Crippen LogP contribution < -0.4 is 16.0 Å². The van der Waals surface area contributed by atoms with Crippen molar-refractivity contribution in [2.75, 3.05) is 6.61 Å². The molecule has 1 aromatic carbocycles. The Bertz CT molecular complexity index is 355. The zero-order valence-electron chi connectivity index (χ0n) is 11.8. The lowest BCUT2D eigenvalue weighted by molar-refractivity contribution is 0.191. The van der Waals surface area contributed by atoms with E-state index in [1.807, 2.05) is 30.3 Å². The third-order valence-electron chi connectivity index (χ3n) is 4.20. The predicted molar refractivity (Wildman–Crippen MR) is 78.8 cm³/mol. The summed E-state index contributed by atoms with van der Waals surface area (Å²) in [6, 6.07) is 10.4. The number of rotatable bonds is 6. The van der Waals surface area contributed by atoms with Crippen LogP contribution in [0, 0.1) is 11.8 Å². The molecule has 3 unspecified atom stereocenters. The summed E-state index contributed by atoms with van der Waals surface area (Å²) < 4.78 is 5.76. The van der Waals surface area contributed by atoms with Crippen molar-refractivity contribution in [2.24, 2.45) is 17.7 Å². The van der Waals surface area contributed by atoms with Gasteiger partial charge in [-0.1, -0.05) is 38.0 Å². The van der Waals surface area contributed by atoms with Crippen LogP contribution in [-0.4, -0.2) is 12.6 Å². The minimum atomic E-state index is 0.381. The lowest BCUT2D eigenvalue weighted by Gasteiger charge is -2.32. The highest BCUT2D eigenvalue weighted by Gasteiger charge is 2.25. The second-order valence-electron chi connectivity index (χ2n) is 5.76. The zero-order chi connectivity index (χ0) is 13.5. The van der Waals surface area contributed by atoms with Crippen molar-refractivity contribution >= 4 is 0 Å². The van der Waals surface area contributed by atoms with E-state index in [0.29, 0.717) is 12.0 Å². The number of nitrogens with two attached hydrogens (primary N) is 1. The fourth-order valence-electron chi connectivity index (χ4n) is 3.12. The highest BCUT2D eigenvalue weighted by molar-refractivity contribution is 5.20. The van der Waals surface area contributed by atoms with Gasteiger partial charge in [0.05, 0.1) is 6.61 Å². The molecule has 0 saturated heterocycles. The van der Waals surface area contributed by atoms with Crippen molar-refractivity contribution in [1.29, 1.82) is 0 Å². The first kappa shape index (κ1) is 14.4. The summed E-state index contributed by atoms with van der Waals surface area (Å²) in [6.07, 6.45) is 6.27. The van der Waals surface area contributed by atoms with Crippen molar-refractivity contribution in [3.63, 3.8) is 0 Å². The number of para-hydroxylation sites is 1. The summed E-state index contributed by atoms with van der Waals surface area (Å²) in [5, 5.41) is 0. The number of benzene rings is 1. The molecule has 2 rings (SSSR count). The van der Waals surface area contributed by atoms with Gasteiger partial charge >= 0.3 is 0 Å². The maximum Gasteiger partial charge on any atom is 0.119 e. The first-order valence-electron chi connectivity index (χ1n) is 7.43. The molecule has 1 fully saturated rings. The average molecular weight is 262 g/mol. The number of hydrogen-bond donors (Lipinski definition) is 2. The largest absolute Gasteiger partial charge is 0.494 e. The van der Waals surface area contributed by atoms with Crippen molar-refractivity contribution in [3.8, 4) is 5.75 Å². The molecule has 19 heavy (non-hydrogen) atoms. The Morgan fingerprint density at radius 2 is 2.11 bits per heavy atom. The van der Waals surface area contributed by atoms with Gasteiger partial charge < -0.3 is 4.74 Å². The lowest BCUT2D eigenvalue weighted by Crippen LogP contribution is -2.43. The SMILES string of the molecule is CC1CCCC(C(CCOc2ccccc2)NN)C1. The normalized spacial score (nSPS) is 24.9. The lowest BCUT2D eigenvalue weighted by atomic mass is 9.78. The molecule has 3 N–H and O–H groups in total. The Labute approximate surface area is 116 Å². The number of ether oxygens (including phenoxy) is 1. The third-order valence-corrected chi connectivity index (χ3v) is 4.20. The molecule has 0 bridgehead atoms. The smallest absolute Gasteiger partial charge is 0.119 e. The topological polar surface area (TPSA) is 47.3 Å². The quantitative estimate of drug-likeness (QED) is 0.611. The molecule has 0 aliphatic heterocycles. The van der Waals surface area contributed by atoms with Crippen LogP contribution in [0.2, 0.25) is 0 Å². The Morgan fingerprint density at radius 1 is 1.32 bits per heavy atom. The highest BCUT2D eigenvalue weighted by atomic mass is 16.5. The van der Waals surface area contributed by atoms with Gasteiger partial charge in [0, 0.05) is 6.04 Å². The van der Waals surface area contributed by atoms with Gasteiger partial charge in [-0.25, -0.2) is 0 Å². The van der Waals surface area contributed by atoms with Crippen LogP contribution in [0.1, 0.15) is 39.0 Å². The second kappa shape index (κ2) is 7.51. The molecule has 0 amide bonds. The van der Waals surface area contributed by atoms with Gasteiger partial charge in [0.2, 0.25) is 0 Å². The van der Waals surface area contributed by atoms with Crippen LogP contribution >= 0.6 is 0 Å². The van der Waals surface area contributed by atoms with Gasteiger partial charge in [0.1, 0.15) is 5.75 Å². The molecule has 1 aliphatic carbocycles. The van der Waals surface area contributed by atoms with E-state index in [0.717, 1.165) is 24.7 Å². The van der Waals surface area contributed by atoms with E-state index in [9.17, 15) is 0 Å². The summed E-state index contributed by atoms with van der Waals surface area (Å²) in [5.41, 5.74) is 3.00. The van der Waals surface area contributed by atoms with Gasteiger partial charge in [0.15, 0.2) is 0 Å². The number of hydrazine groups is 1. The van der Waals surface area contributed by atoms with Gasteiger partial charge in [-0.05, 0) is 43.2 Å². The van der Waals surface area contributed by atoms with Crippen molar-refractivity contribution in [2.45, 2.75) is 45.1 Å². The van der Waals surface area contributed by atoms with E-state index in [4.69, 9.17) is 10.6 Å². The Kier molecular flexibility index (Phi) is 5.67. The molecule has 0 radical (unpaired) electrons. The maximum absolute atomic E-state index is 5.76. The summed E-state index contributed by atoms with van der Waals surface area (Å²) in [6.45, 7) is 3.07. The summed E-state index contributed by atoms with van der Waals surface area (Å²) in [5.74, 6) is 8.20. The Balaban J connectivity index is 1.76. The number of hydrogen-bond acceptors (Lipinski definition) is 3. The van der Waals surface area contributed by atoms with E-state index in [1.54, 1.807) is 0 Å². The average Bonchev–Trinajstić information content (AvgIpc) is 2.45. The van der Waals surface area contributed by atoms with Gasteiger partial charge in [-0.15, -0.1) is 0 Å². The van der Waals surface area contributed by atoms with Crippen LogP contribution in [0.25, 0.3) is 0 Å². The van der Waals surface area contributed by atoms with Crippen LogP contribution in [-0.2, 0) is 0 Å². The van der Waals surface area contributed by atoms with Crippen LogP contribution in [0.5, 0.6) is 5.75 Å². The van der Waals surface area contributed by atoms with E-state index in [2.05, 4.69) is 12.3 Å². The maximum atomic E-state index is 5.76. The molecule has 1 aliphatic rings. The second-order valence-corrected chi connectivity index (χ2v) is 5.76. The van der Waals surface area contributed by atoms with Gasteiger partial charge in [0.25, 0.3) is 0 Å². The summed E-state index contributed by atoms with van der Waals surface area (Å²) in [4.78, 5) is 0. The molecule has 3 atom stereocenters. The first-order chi connectivity index (χ1) is 9.29. The molecule has 106 valence electrons. The highest BCUT2D eigenvalue weighted by Crippen LogP contribution is 2.31. The van der Waals surface area contributed by atoms with Crippen molar-refractivity contribution < 1.29 is 4.74 Å². The van der Waals surface area contributed by atoms with E-state index in [-0.39, 0.29) is 0 Å². The zero-order valence-corrected chi connectivity index (χ0v) is 11.8. The monoisotopic (exact) mass is 262 g/mol. The minimum Gasteiger partial charge on any atom is -0.494 e. The first-order valence-corrected chi connectivity index (χ1v) is 7.43. The van der Waals surface area contributed by atoms with Crippen molar-refractivity contribution in [3.05, 3.63) is 30.3 Å². The van der Waals surface area contributed by atoms with Crippen LogP contribution in [0.3, 0.4) is 0 Å². The van der Waals surface area contributed by atoms with E-state index < -0.39 is 0 Å². The van der Waals surface area contributed by atoms with Crippen LogP contribution in [0.15, 0.2) is 30.3 Å². The Hall–Kier alpha value is -1.06. The molecule has 3 nitrogen and oxygen atoms in total. The molecule has 0 heterocycles. The van der Waals surface area contributed by atoms with E-state index in [1.165, 1.54) is 25.7 Å². The molecule has 1 saturated carbocycles. The molecule has 0 spiro atoms. The fraction of sp³-hybridized carbons (Fsp3) is 0.625. The van der Waals surface area contributed by atoms with Gasteiger partial charge in [-0.2, -0.15) is 0 Å². The summed E-state index contributed by atoms with van der Waals surface area (Å²) >= 11 is 0. The third kappa shape index (κ3) is 4.51. The van der Waals surface area contributed by atoms with Crippen LogP contribution in [0.4, 0.5) is 0 Å². The van der Waals surface area contributed by atoms with E-state index >= 15 is 0 Å². The minimum absolute atomic E-state index is 0.381. The molecular formula is C16H26N2O. The molecule has 3 heteroatoms. The number of nitrogens with one attached hydrogen (secondary N) is 1. The molecule has 0 aromatic heterocycles. The molecule has 1 aromatic rings. The fourth-order valence-corrected chi connectivity index (χ4v) is 3.12. The summed E-state index contributed by atoms with van der Waals surface area (Å²) in [7, 11) is 0. The van der Waals surface area contributed by atoms with Crippen molar-refractivity contribution in [1.82, 2.24) is 5.43 Å². The predicted octanol–water partition coefficient (Wildman–Crippen LogP) is 3.11. The Morgan fingerprint density at radius 3 is 2.79 bits per heavy atom.